The molecule has 6 rings (SSSR count). The van der Waals surface area contributed by atoms with Gasteiger partial charge in [0.25, 0.3) is 11.8 Å². The summed E-state index contributed by atoms with van der Waals surface area (Å²) in [4.78, 5) is 36.9. The van der Waals surface area contributed by atoms with Crippen LogP contribution in [0, 0.1) is 5.92 Å². The van der Waals surface area contributed by atoms with E-state index in [1.54, 1.807) is 12.1 Å². The number of fused-ring (bicyclic) bond motifs is 1. The van der Waals surface area contributed by atoms with Gasteiger partial charge in [-0.05, 0) is 80.3 Å². The second kappa shape index (κ2) is 10.8. The zero-order valence-electron chi connectivity index (χ0n) is 22.1. The van der Waals surface area contributed by atoms with E-state index in [0.717, 1.165) is 60.1 Å². The highest BCUT2D eigenvalue weighted by molar-refractivity contribution is 6.11. The fourth-order valence-electron chi connectivity index (χ4n) is 5.67. The Morgan fingerprint density at radius 2 is 1.82 bits per heavy atom. The molecule has 1 saturated carbocycles. The molecule has 2 fully saturated rings. The molecule has 9 nitrogen and oxygen atoms in total. The molecule has 1 aliphatic carbocycles. The average Bonchev–Trinajstić information content (AvgIpc) is 3.59. The van der Waals surface area contributed by atoms with Crippen LogP contribution in [0.2, 0.25) is 0 Å². The Labute approximate surface area is 227 Å². The lowest BCUT2D eigenvalue weighted by molar-refractivity contribution is 0.0932. The van der Waals surface area contributed by atoms with Crippen molar-refractivity contribution in [1.82, 2.24) is 25.5 Å². The summed E-state index contributed by atoms with van der Waals surface area (Å²) < 4.78 is 0. The zero-order chi connectivity index (χ0) is 26.8. The largest absolute Gasteiger partial charge is 0.370 e. The highest BCUT2D eigenvalue weighted by Gasteiger charge is 2.23. The molecule has 2 aliphatic rings. The number of carbonyl (C=O) groups is 2. The molecule has 2 unspecified atom stereocenters. The van der Waals surface area contributed by atoms with E-state index in [4.69, 9.17) is 0 Å². The lowest BCUT2D eigenvalue weighted by atomic mass is 10.0. The van der Waals surface area contributed by atoms with Crippen LogP contribution in [0.1, 0.15) is 66.4 Å². The van der Waals surface area contributed by atoms with Crippen molar-refractivity contribution in [2.45, 2.75) is 51.5 Å². The SMILES string of the molecule is CC1CCC(NC(=O)c2ccc(NC(=O)c3n[nH]c4ccc(-c5cncc(N6CCCCC6)c5)cc34)cn2)C1. The smallest absolute Gasteiger partial charge is 0.276 e. The monoisotopic (exact) mass is 523 g/mol. The van der Waals surface area contributed by atoms with Gasteiger partial charge in [0.05, 0.1) is 29.3 Å². The molecule has 1 aromatic carbocycles. The highest BCUT2D eigenvalue weighted by Crippen LogP contribution is 2.29. The standard InChI is InChI=1S/C30H33N7O2/c1-19-5-7-22(13-19)33-29(38)27-10-8-23(17-32-27)34-30(39)28-25-15-20(6-9-26(25)35-36-28)21-14-24(18-31-16-21)37-11-3-2-4-12-37/h6,8-10,14-19,22H,2-5,7,11-13H2,1H3,(H,33,38)(H,34,39)(H,35,36). The molecule has 0 bridgehead atoms. The summed E-state index contributed by atoms with van der Waals surface area (Å²) in [7, 11) is 0. The number of hydrogen-bond acceptors (Lipinski definition) is 6. The maximum atomic E-state index is 13.2. The number of aromatic nitrogens is 4. The molecule has 2 atom stereocenters. The molecule has 1 saturated heterocycles. The summed E-state index contributed by atoms with van der Waals surface area (Å²) in [5.41, 5.74) is 5.00. The molecule has 3 aromatic heterocycles. The topological polar surface area (TPSA) is 116 Å². The first-order valence-corrected chi connectivity index (χ1v) is 13.8. The van der Waals surface area contributed by atoms with E-state index in [9.17, 15) is 9.59 Å². The van der Waals surface area contributed by atoms with Gasteiger partial charge >= 0.3 is 0 Å². The normalized spacial score (nSPS) is 19.3. The molecule has 9 heteroatoms. The molecule has 200 valence electrons. The number of anilines is 2. The van der Waals surface area contributed by atoms with Gasteiger partial charge in [0, 0.05) is 36.3 Å². The van der Waals surface area contributed by atoms with Crippen LogP contribution in [0.4, 0.5) is 11.4 Å². The summed E-state index contributed by atoms with van der Waals surface area (Å²) in [5.74, 6) is 0.102. The fraction of sp³-hybridized carbons (Fsp3) is 0.367. The van der Waals surface area contributed by atoms with Crippen LogP contribution in [0.25, 0.3) is 22.0 Å². The van der Waals surface area contributed by atoms with Crippen molar-refractivity contribution in [2.24, 2.45) is 5.92 Å². The minimum Gasteiger partial charge on any atom is -0.370 e. The van der Waals surface area contributed by atoms with Crippen molar-refractivity contribution < 1.29 is 9.59 Å². The van der Waals surface area contributed by atoms with Gasteiger partial charge in [-0.25, -0.2) is 4.98 Å². The van der Waals surface area contributed by atoms with Crippen molar-refractivity contribution >= 4 is 34.1 Å². The molecular formula is C30H33N7O2. The second-order valence-corrected chi connectivity index (χ2v) is 10.8. The third-order valence-corrected chi connectivity index (χ3v) is 7.84. The second-order valence-electron chi connectivity index (χ2n) is 10.8. The van der Waals surface area contributed by atoms with E-state index >= 15 is 0 Å². The van der Waals surface area contributed by atoms with Gasteiger partial charge < -0.3 is 15.5 Å². The number of aromatic amines is 1. The van der Waals surface area contributed by atoms with Crippen LogP contribution in [-0.4, -0.2) is 51.1 Å². The number of nitrogens with zero attached hydrogens (tertiary/aromatic N) is 4. The van der Waals surface area contributed by atoms with E-state index in [0.29, 0.717) is 23.0 Å². The molecule has 4 heterocycles. The van der Waals surface area contributed by atoms with E-state index in [1.165, 1.54) is 25.5 Å². The van der Waals surface area contributed by atoms with Crippen LogP contribution in [-0.2, 0) is 0 Å². The molecular weight excluding hydrogens is 490 g/mol. The molecule has 2 amide bonds. The van der Waals surface area contributed by atoms with Gasteiger partial charge in [-0.3, -0.25) is 19.7 Å². The van der Waals surface area contributed by atoms with Crippen LogP contribution in [0.3, 0.4) is 0 Å². The Kier molecular flexibility index (Phi) is 6.96. The van der Waals surface area contributed by atoms with Gasteiger partial charge in [-0.2, -0.15) is 5.10 Å². The predicted octanol–water partition coefficient (Wildman–Crippen LogP) is 5.18. The summed E-state index contributed by atoms with van der Waals surface area (Å²) in [6.07, 6.45) is 12.1. The van der Waals surface area contributed by atoms with Crippen molar-refractivity contribution in [3.05, 3.63) is 66.4 Å². The first-order chi connectivity index (χ1) is 19.0. The number of pyridine rings is 2. The van der Waals surface area contributed by atoms with Crippen molar-refractivity contribution in [2.75, 3.05) is 23.3 Å². The molecule has 0 spiro atoms. The Hall–Kier alpha value is -4.27. The van der Waals surface area contributed by atoms with Crippen molar-refractivity contribution in [3.8, 4) is 11.1 Å². The third kappa shape index (κ3) is 5.48. The van der Waals surface area contributed by atoms with Crippen LogP contribution in [0.15, 0.2) is 55.0 Å². The molecule has 39 heavy (non-hydrogen) atoms. The van der Waals surface area contributed by atoms with Gasteiger partial charge in [0.1, 0.15) is 5.69 Å². The molecule has 3 N–H and O–H groups in total. The van der Waals surface area contributed by atoms with E-state index in [2.05, 4.69) is 48.7 Å². The summed E-state index contributed by atoms with van der Waals surface area (Å²) in [6, 6.07) is 11.6. The quantitative estimate of drug-likeness (QED) is 0.321. The number of amides is 2. The molecule has 1 aliphatic heterocycles. The fourth-order valence-corrected chi connectivity index (χ4v) is 5.67. The van der Waals surface area contributed by atoms with Gasteiger partial charge in [0.15, 0.2) is 5.69 Å². The Morgan fingerprint density at radius 1 is 0.949 bits per heavy atom. The van der Waals surface area contributed by atoms with E-state index in [1.807, 2.05) is 30.6 Å². The predicted molar refractivity (Wildman–Crippen MR) is 152 cm³/mol. The average molecular weight is 524 g/mol. The first kappa shape index (κ1) is 25.0. The lowest BCUT2D eigenvalue weighted by Crippen LogP contribution is -2.33. The minimum absolute atomic E-state index is 0.184. The van der Waals surface area contributed by atoms with Gasteiger partial charge in [0.2, 0.25) is 0 Å². The Bertz CT molecular complexity index is 1490. The number of benzene rings is 1. The number of carbonyl (C=O) groups excluding carboxylic acids is 2. The minimum atomic E-state index is -0.350. The summed E-state index contributed by atoms with van der Waals surface area (Å²) in [5, 5.41) is 13.9. The van der Waals surface area contributed by atoms with Crippen molar-refractivity contribution in [3.63, 3.8) is 0 Å². The number of hydrogen-bond donors (Lipinski definition) is 3. The zero-order valence-corrected chi connectivity index (χ0v) is 22.1. The van der Waals surface area contributed by atoms with Crippen molar-refractivity contribution in [1.29, 1.82) is 0 Å². The Morgan fingerprint density at radius 3 is 2.59 bits per heavy atom. The van der Waals surface area contributed by atoms with E-state index < -0.39 is 0 Å². The highest BCUT2D eigenvalue weighted by atomic mass is 16.2. The Balaban J connectivity index is 1.17. The molecule has 0 radical (unpaired) electrons. The number of piperidine rings is 1. The summed E-state index contributed by atoms with van der Waals surface area (Å²) >= 11 is 0. The van der Waals surface area contributed by atoms with Crippen LogP contribution >= 0.6 is 0 Å². The lowest BCUT2D eigenvalue weighted by Gasteiger charge is -2.28. The van der Waals surface area contributed by atoms with Crippen LogP contribution in [0.5, 0.6) is 0 Å². The van der Waals surface area contributed by atoms with Crippen LogP contribution < -0.4 is 15.5 Å². The maximum absolute atomic E-state index is 13.2. The number of rotatable bonds is 6. The first-order valence-electron chi connectivity index (χ1n) is 13.8. The third-order valence-electron chi connectivity index (χ3n) is 7.84. The maximum Gasteiger partial charge on any atom is 0.276 e. The molecule has 4 aromatic rings. The number of nitrogens with one attached hydrogen (secondary N) is 3. The van der Waals surface area contributed by atoms with Gasteiger partial charge in [-0.1, -0.05) is 13.0 Å². The number of H-pyrrole nitrogens is 1. The summed E-state index contributed by atoms with van der Waals surface area (Å²) in [6.45, 7) is 4.31. The van der Waals surface area contributed by atoms with E-state index in [-0.39, 0.29) is 17.9 Å². The van der Waals surface area contributed by atoms with Gasteiger partial charge in [-0.15, -0.1) is 0 Å².